The molecule has 0 aliphatic carbocycles. The average Bonchev–Trinajstić information content (AvgIpc) is 1.98. The number of unbranched alkanes of at least 4 members (excludes halogenated alkanes) is 1. The maximum absolute atomic E-state index is 5.31. The molecule has 0 bridgehead atoms. The van der Waals surface area contributed by atoms with Gasteiger partial charge in [0.2, 0.25) is 0 Å². The van der Waals surface area contributed by atoms with Gasteiger partial charge in [0.25, 0.3) is 0 Å². The lowest BCUT2D eigenvalue weighted by Crippen LogP contribution is -2.14. The Bertz CT molecular complexity index is 116. The van der Waals surface area contributed by atoms with Gasteiger partial charge in [-0.25, -0.2) is 0 Å². The molecule has 0 amide bonds. The van der Waals surface area contributed by atoms with Crippen molar-refractivity contribution >= 4 is 17.1 Å². The molecule has 0 nitrogen and oxygen atoms in total. The molecule has 0 N–H and O–H groups in total. The van der Waals surface area contributed by atoms with E-state index in [1.54, 1.807) is 0 Å². The quantitative estimate of drug-likeness (QED) is 0.568. The van der Waals surface area contributed by atoms with Crippen molar-refractivity contribution < 1.29 is 0 Å². The highest BCUT2D eigenvalue weighted by molar-refractivity contribution is 7.80. The summed E-state index contributed by atoms with van der Waals surface area (Å²) in [5.41, 5.74) is 0. The SMILES string of the molecule is CCCCC(C)C(=S)C(C)C. The minimum absolute atomic E-state index is 0.580. The Morgan fingerprint density at radius 3 is 2.18 bits per heavy atom. The third-order valence-corrected chi connectivity index (χ3v) is 2.92. The monoisotopic (exact) mass is 172 g/mol. The van der Waals surface area contributed by atoms with Gasteiger partial charge in [-0.2, -0.15) is 0 Å². The zero-order chi connectivity index (χ0) is 8.85. The molecule has 0 saturated carbocycles. The molecule has 1 unspecified atom stereocenters. The van der Waals surface area contributed by atoms with Gasteiger partial charge in [-0.3, -0.25) is 0 Å². The molecular formula is C10H20S. The van der Waals surface area contributed by atoms with Crippen molar-refractivity contribution in [3.63, 3.8) is 0 Å². The first kappa shape index (κ1) is 11.1. The van der Waals surface area contributed by atoms with E-state index in [1.807, 2.05) is 0 Å². The van der Waals surface area contributed by atoms with Gasteiger partial charge in [-0.05, 0) is 23.1 Å². The molecule has 66 valence electrons. The van der Waals surface area contributed by atoms with Crippen molar-refractivity contribution in [3.8, 4) is 0 Å². The molecule has 0 aromatic carbocycles. The van der Waals surface area contributed by atoms with Crippen LogP contribution in [0.15, 0.2) is 0 Å². The fourth-order valence-electron chi connectivity index (χ4n) is 1.22. The van der Waals surface area contributed by atoms with E-state index in [1.165, 1.54) is 24.1 Å². The highest BCUT2D eigenvalue weighted by atomic mass is 32.1. The average molecular weight is 172 g/mol. The van der Waals surface area contributed by atoms with Gasteiger partial charge in [0.15, 0.2) is 0 Å². The van der Waals surface area contributed by atoms with Gasteiger partial charge in [-0.1, -0.05) is 52.8 Å². The summed E-state index contributed by atoms with van der Waals surface area (Å²) in [5.74, 6) is 1.22. The van der Waals surface area contributed by atoms with Gasteiger partial charge in [-0.15, -0.1) is 0 Å². The van der Waals surface area contributed by atoms with Crippen LogP contribution in [0, 0.1) is 11.8 Å². The van der Waals surface area contributed by atoms with Gasteiger partial charge < -0.3 is 0 Å². The summed E-state index contributed by atoms with van der Waals surface area (Å²) in [6, 6.07) is 0. The lowest BCUT2D eigenvalue weighted by atomic mass is 9.94. The fourth-order valence-corrected chi connectivity index (χ4v) is 1.34. The largest absolute Gasteiger partial charge is 0.0891 e. The van der Waals surface area contributed by atoms with Gasteiger partial charge in [0, 0.05) is 0 Å². The Hall–Kier alpha value is 0.0900. The molecule has 1 heteroatoms. The molecule has 0 rings (SSSR count). The van der Waals surface area contributed by atoms with Gasteiger partial charge in [0.1, 0.15) is 0 Å². The predicted molar refractivity (Wildman–Crippen MR) is 56.1 cm³/mol. The summed E-state index contributed by atoms with van der Waals surface area (Å²) >= 11 is 5.31. The van der Waals surface area contributed by atoms with E-state index in [0.29, 0.717) is 11.8 Å². The van der Waals surface area contributed by atoms with Crippen LogP contribution >= 0.6 is 12.2 Å². The minimum Gasteiger partial charge on any atom is -0.0891 e. The lowest BCUT2D eigenvalue weighted by molar-refractivity contribution is 0.609. The molecule has 11 heavy (non-hydrogen) atoms. The summed E-state index contributed by atoms with van der Waals surface area (Å²) in [4.78, 5) is 1.25. The van der Waals surface area contributed by atoms with E-state index < -0.39 is 0 Å². The fraction of sp³-hybridized carbons (Fsp3) is 0.900. The Morgan fingerprint density at radius 2 is 1.82 bits per heavy atom. The van der Waals surface area contributed by atoms with Crippen molar-refractivity contribution in [2.75, 3.05) is 0 Å². The topological polar surface area (TPSA) is 0 Å². The molecule has 0 heterocycles. The minimum atomic E-state index is 0.580. The molecule has 0 aliphatic heterocycles. The maximum Gasteiger partial charge on any atom is -0.00179 e. The number of hydrogen-bond acceptors (Lipinski definition) is 1. The molecule has 0 spiro atoms. The standard InChI is InChI=1S/C10H20S/c1-5-6-7-9(4)10(11)8(2)3/h8-9H,5-7H2,1-4H3. The van der Waals surface area contributed by atoms with Crippen LogP contribution in [0.5, 0.6) is 0 Å². The van der Waals surface area contributed by atoms with Crippen LogP contribution in [0.2, 0.25) is 0 Å². The Kier molecular flexibility index (Phi) is 5.75. The lowest BCUT2D eigenvalue weighted by Gasteiger charge is -2.15. The second-order valence-electron chi connectivity index (χ2n) is 3.60. The summed E-state index contributed by atoms with van der Waals surface area (Å²) in [6.45, 7) is 8.85. The predicted octanol–water partition coefficient (Wildman–Crippen LogP) is 3.84. The number of thiocarbonyl (C=S) groups is 1. The summed E-state index contributed by atoms with van der Waals surface area (Å²) < 4.78 is 0. The van der Waals surface area contributed by atoms with Crippen molar-refractivity contribution in [1.82, 2.24) is 0 Å². The van der Waals surface area contributed by atoms with E-state index in [-0.39, 0.29) is 0 Å². The summed E-state index contributed by atoms with van der Waals surface area (Å²) in [7, 11) is 0. The zero-order valence-electron chi connectivity index (χ0n) is 8.18. The second kappa shape index (κ2) is 5.70. The highest BCUT2D eigenvalue weighted by Crippen LogP contribution is 2.15. The van der Waals surface area contributed by atoms with Gasteiger partial charge in [0.05, 0.1) is 0 Å². The first-order chi connectivity index (χ1) is 5.09. The highest BCUT2D eigenvalue weighted by Gasteiger charge is 2.10. The molecule has 0 aromatic rings. The third-order valence-electron chi connectivity index (χ3n) is 2.05. The van der Waals surface area contributed by atoms with E-state index in [0.717, 1.165) is 0 Å². The second-order valence-corrected chi connectivity index (χ2v) is 4.07. The van der Waals surface area contributed by atoms with Gasteiger partial charge >= 0.3 is 0 Å². The first-order valence-electron chi connectivity index (χ1n) is 4.63. The van der Waals surface area contributed by atoms with Crippen LogP contribution in [0.3, 0.4) is 0 Å². The van der Waals surface area contributed by atoms with Crippen LogP contribution in [-0.2, 0) is 0 Å². The molecule has 0 fully saturated rings. The van der Waals surface area contributed by atoms with Crippen molar-refractivity contribution in [2.24, 2.45) is 11.8 Å². The van der Waals surface area contributed by atoms with Crippen LogP contribution < -0.4 is 0 Å². The Morgan fingerprint density at radius 1 is 1.27 bits per heavy atom. The molecule has 0 aliphatic rings. The van der Waals surface area contributed by atoms with E-state index in [2.05, 4.69) is 27.7 Å². The van der Waals surface area contributed by atoms with Crippen LogP contribution in [0.4, 0.5) is 0 Å². The normalized spacial score (nSPS) is 13.5. The van der Waals surface area contributed by atoms with Crippen LogP contribution in [0.1, 0.15) is 47.0 Å². The Labute approximate surface area is 76.4 Å². The molecule has 0 radical (unpaired) electrons. The zero-order valence-corrected chi connectivity index (χ0v) is 9.00. The van der Waals surface area contributed by atoms with Crippen molar-refractivity contribution in [1.29, 1.82) is 0 Å². The smallest absolute Gasteiger partial charge is 0.00179 e. The molecular weight excluding hydrogens is 152 g/mol. The van der Waals surface area contributed by atoms with Crippen LogP contribution in [0.25, 0.3) is 0 Å². The summed E-state index contributed by atoms with van der Waals surface area (Å²) in [6.07, 6.45) is 3.87. The first-order valence-corrected chi connectivity index (χ1v) is 5.04. The molecule has 0 saturated heterocycles. The number of rotatable bonds is 5. The van der Waals surface area contributed by atoms with E-state index >= 15 is 0 Å². The van der Waals surface area contributed by atoms with E-state index in [4.69, 9.17) is 12.2 Å². The van der Waals surface area contributed by atoms with Crippen molar-refractivity contribution in [2.45, 2.75) is 47.0 Å². The maximum atomic E-state index is 5.31. The third kappa shape index (κ3) is 4.52. The number of hydrogen-bond donors (Lipinski definition) is 0. The molecule has 0 aromatic heterocycles. The summed E-state index contributed by atoms with van der Waals surface area (Å²) in [5, 5.41) is 0. The van der Waals surface area contributed by atoms with Crippen LogP contribution in [-0.4, -0.2) is 4.86 Å². The molecule has 1 atom stereocenters. The van der Waals surface area contributed by atoms with E-state index in [9.17, 15) is 0 Å². The van der Waals surface area contributed by atoms with Crippen molar-refractivity contribution in [3.05, 3.63) is 0 Å². The Balaban J connectivity index is 3.64.